The van der Waals surface area contributed by atoms with E-state index in [2.05, 4.69) is 32.8 Å². The standard InChI is InChI=1S/C33H37FN6O3/c1-22(41)35-15-14-23-4-6-24(7-5-23)32(31-28-13-8-25(34)20-29(28)37-33(31)43)36-26-9-11-27(12-10-26)39(3)30(42)21-40-18-16-38(2)17-19-40/h4-13,20,36H,14-19,21H2,1-3H3,(H,35,41)(H,37,43). The molecule has 0 aliphatic carbocycles. The summed E-state index contributed by atoms with van der Waals surface area (Å²) in [5, 5.41) is 8.99. The van der Waals surface area contributed by atoms with Gasteiger partial charge in [-0.1, -0.05) is 24.3 Å². The van der Waals surface area contributed by atoms with E-state index in [1.807, 2.05) is 48.5 Å². The molecule has 3 N–H and O–H groups in total. The second-order valence-corrected chi connectivity index (χ2v) is 11.0. The first-order chi connectivity index (χ1) is 20.7. The minimum atomic E-state index is -0.430. The molecule has 0 saturated carbocycles. The number of fused-ring (bicyclic) bond motifs is 1. The van der Waals surface area contributed by atoms with E-state index in [0.29, 0.717) is 42.0 Å². The number of carbonyl (C=O) groups is 3. The number of rotatable bonds is 9. The third-order valence-corrected chi connectivity index (χ3v) is 7.86. The average Bonchev–Trinajstić information content (AvgIpc) is 3.31. The van der Waals surface area contributed by atoms with Gasteiger partial charge < -0.3 is 25.8 Å². The Kier molecular flexibility index (Phi) is 9.18. The Bertz CT molecular complexity index is 1530. The van der Waals surface area contributed by atoms with E-state index < -0.39 is 5.82 Å². The third kappa shape index (κ3) is 7.28. The first-order valence-electron chi connectivity index (χ1n) is 14.4. The number of hydrogen-bond acceptors (Lipinski definition) is 6. The second-order valence-electron chi connectivity index (χ2n) is 11.0. The number of nitrogens with zero attached hydrogens (tertiary/aromatic N) is 3. The van der Waals surface area contributed by atoms with Crippen molar-refractivity contribution in [3.63, 3.8) is 0 Å². The first kappa shape index (κ1) is 29.9. The second kappa shape index (κ2) is 13.2. The molecule has 0 aromatic heterocycles. The summed E-state index contributed by atoms with van der Waals surface area (Å²) in [5.41, 5.74) is 5.30. The Morgan fingerprint density at radius 1 is 0.977 bits per heavy atom. The molecular weight excluding hydrogens is 547 g/mol. The largest absolute Gasteiger partial charge is 0.356 e. The molecular formula is C33H37FN6O3. The normalized spacial score (nSPS) is 16.3. The fraction of sp³-hybridized carbons (Fsp3) is 0.303. The van der Waals surface area contributed by atoms with E-state index in [9.17, 15) is 18.8 Å². The molecule has 3 aromatic carbocycles. The monoisotopic (exact) mass is 584 g/mol. The van der Waals surface area contributed by atoms with Crippen LogP contribution in [0.2, 0.25) is 0 Å². The van der Waals surface area contributed by atoms with Crippen LogP contribution in [0.1, 0.15) is 23.6 Å². The van der Waals surface area contributed by atoms with Crippen LogP contribution in [0.3, 0.4) is 0 Å². The maximum atomic E-state index is 13.9. The van der Waals surface area contributed by atoms with Gasteiger partial charge in [-0.15, -0.1) is 0 Å². The number of benzene rings is 3. The smallest absolute Gasteiger partial charge is 0.258 e. The molecule has 224 valence electrons. The van der Waals surface area contributed by atoms with Crippen LogP contribution in [0, 0.1) is 5.82 Å². The highest BCUT2D eigenvalue weighted by molar-refractivity contribution is 6.37. The zero-order valence-corrected chi connectivity index (χ0v) is 24.7. The Hall–Kier alpha value is -4.54. The highest BCUT2D eigenvalue weighted by Crippen LogP contribution is 2.38. The minimum absolute atomic E-state index is 0.0260. The van der Waals surface area contributed by atoms with Crippen LogP contribution < -0.4 is 20.9 Å². The van der Waals surface area contributed by atoms with Crippen molar-refractivity contribution in [2.24, 2.45) is 0 Å². The molecule has 2 aliphatic heterocycles. The van der Waals surface area contributed by atoms with Gasteiger partial charge in [0.25, 0.3) is 5.91 Å². The number of carbonyl (C=O) groups excluding carboxylic acids is 3. The Balaban J connectivity index is 1.38. The van der Waals surface area contributed by atoms with E-state index in [4.69, 9.17) is 0 Å². The van der Waals surface area contributed by atoms with Crippen molar-refractivity contribution in [2.45, 2.75) is 13.3 Å². The topological polar surface area (TPSA) is 97.0 Å². The molecule has 0 unspecified atom stereocenters. The Morgan fingerprint density at radius 3 is 2.35 bits per heavy atom. The number of hydrogen-bond donors (Lipinski definition) is 3. The van der Waals surface area contributed by atoms with Crippen LogP contribution in [0.15, 0.2) is 66.7 Å². The zero-order valence-electron chi connectivity index (χ0n) is 24.7. The highest BCUT2D eigenvalue weighted by Gasteiger charge is 2.29. The zero-order chi connectivity index (χ0) is 30.5. The van der Waals surface area contributed by atoms with Crippen molar-refractivity contribution in [2.75, 3.05) is 68.9 Å². The summed E-state index contributed by atoms with van der Waals surface area (Å²) in [7, 11) is 3.87. The summed E-state index contributed by atoms with van der Waals surface area (Å²) in [4.78, 5) is 43.5. The molecule has 10 heteroatoms. The van der Waals surface area contributed by atoms with Crippen molar-refractivity contribution in [1.29, 1.82) is 0 Å². The summed E-state index contributed by atoms with van der Waals surface area (Å²) in [6.45, 7) is 6.03. The molecule has 43 heavy (non-hydrogen) atoms. The molecule has 9 nitrogen and oxygen atoms in total. The van der Waals surface area contributed by atoms with E-state index >= 15 is 0 Å². The minimum Gasteiger partial charge on any atom is -0.356 e. The molecule has 3 aromatic rings. The predicted octanol–water partition coefficient (Wildman–Crippen LogP) is 3.65. The van der Waals surface area contributed by atoms with E-state index in [0.717, 1.165) is 48.7 Å². The van der Waals surface area contributed by atoms with Gasteiger partial charge >= 0.3 is 0 Å². The van der Waals surface area contributed by atoms with Crippen molar-refractivity contribution < 1.29 is 18.8 Å². The van der Waals surface area contributed by atoms with E-state index in [1.54, 1.807) is 18.0 Å². The lowest BCUT2D eigenvalue weighted by Gasteiger charge is -2.32. The van der Waals surface area contributed by atoms with Crippen molar-refractivity contribution in [1.82, 2.24) is 15.1 Å². The molecule has 3 amide bonds. The van der Waals surface area contributed by atoms with Crippen LogP contribution in [-0.2, 0) is 20.8 Å². The summed E-state index contributed by atoms with van der Waals surface area (Å²) in [6, 6.07) is 19.5. The Morgan fingerprint density at radius 2 is 1.67 bits per heavy atom. The number of likely N-dealkylation sites (N-methyl/N-ethyl adjacent to an activating group) is 2. The van der Waals surface area contributed by atoms with Gasteiger partial charge in [0.05, 0.1) is 23.5 Å². The number of amides is 3. The fourth-order valence-electron chi connectivity index (χ4n) is 5.25. The molecule has 1 saturated heterocycles. The molecule has 0 radical (unpaired) electrons. The van der Waals surface area contributed by atoms with Crippen molar-refractivity contribution >= 4 is 46.1 Å². The summed E-state index contributed by atoms with van der Waals surface area (Å²) in [5.74, 6) is -0.811. The van der Waals surface area contributed by atoms with Crippen LogP contribution in [0.5, 0.6) is 0 Å². The first-order valence-corrected chi connectivity index (χ1v) is 14.4. The number of nitrogens with one attached hydrogen (secondary N) is 3. The summed E-state index contributed by atoms with van der Waals surface area (Å²) < 4.78 is 13.9. The molecule has 0 bridgehead atoms. The molecule has 1 fully saturated rings. The summed E-state index contributed by atoms with van der Waals surface area (Å²) >= 11 is 0. The van der Waals surface area contributed by atoms with Gasteiger partial charge in [0.15, 0.2) is 0 Å². The number of anilines is 3. The van der Waals surface area contributed by atoms with Crippen LogP contribution in [0.25, 0.3) is 11.3 Å². The highest BCUT2D eigenvalue weighted by atomic mass is 19.1. The van der Waals surface area contributed by atoms with Gasteiger partial charge in [-0.3, -0.25) is 19.3 Å². The van der Waals surface area contributed by atoms with Crippen LogP contribution in [-0.4, -0.2) is 80.9 Å². The van der Waals surface area contributed by atoms with Gasteiger partial charge in [0.2, 0.25) is 11.8 Å². The van der Waals surface area contributed by atoms with Gasteiger partial charge in [0, 0.05) is 63.6 Å². The molecule has 0 spiro atoms. The van der Waals surface area contributed by atoms with Gasteiger partial charge in [0.1, 0.15) is 5.82 Å². The van der Waals surface area contributed by atoms with Crippen LogP contribution >= 0.6 is 0 Å². The lowest BCUT2D eigenvalue weighted by atomic mass is 9.98. The van der Waals surface area contributed by atoms with E-state index in [1.165, 1.54) is 19.1 Å². The summed E-state index contributed by atoms with van der Waals surface area (Å²) in [6.07, 6.45) is 0.671. The molecule has 0 atom stereocenters. The SMILES string of the molecule is CC(=O)NCCc1ccc(C(Nc2ccc(N(C)C(=O)CN3CCN(C)CC3)cc2)=C2C(=O)Nc3cc(F)ccc32)cc1. The maximum Gasteiger partial charge on any atom is 0.258 e. The average molecular weight is 585 g/mol. The Labute approximate surface area is 251 Å². The fourth-order valence-corrected chi connectivity index (χ4v) is 5.25. The lowest BCUT2D eigenvalue weighted by Crippen LogP contribution is -2.48. The number of piperazine rings is 1. The van der Waals surface area contributed by atoms with Crippen molar-refractivity contribution in [3.8, 4) is 0 Å². The molecule has 5 rings (SSSR count). The van der Waals surface area contributed by atoms with Gasteiger partial charge in [-0.25, -0.2) is 4.39 Å². The number of halogens is 1. The third-order valence-electron chi connectivity index (χ3n) is 7.86. The lowest BCUT2D eigenvalue weighted by molar-refractivity contribution is -0.120. The van der Waals surface area contributed by atoms with Crippen molar-refractivity contribution in [3.05, 3.63) is 89.2 Å². The van der Waals surface area contributed by atoms with Gasteiger partial charge in [-0.05, 0) is 67.1 Å². The van der Waals surface area contributed by atoms with Gasteiger partial charge in [-0.2, -0.15) is 0 Å². The van der Waals surface area contributed by atoms with E-state index in [-0.39, 0.29) is 17.7 Å². The van der Waals surface area contributed by atoms with Crippen LogP contribution in [0.4, 0.5) is 21.5 Å². The maximum absolute atomic E-state index is 13.9. The predicted molar refractivity (Wildman–Crippen MR) is 168 cm³/mol. The molecule has 2 aliphatic rings. The molecule has 2 heterocycles. The quantitative estimate of drug-likeness (QED) is 0.333.